The first-order valence-electron chi connectivity index (χ1n) is 9.09. The van der Waals surface area contributed by atoms with E-state index in [1.807, 2.05) is 30.3 Å². The molecule has 1 aliphatic rings. The molecule has 2 aromatic carbocycles. The molecular weight excluding hydrogens is 328 g/mol. The molecule has 26 heavy (non-hydrogen) atoms. The highest BCUT2D eigenvalue weighted by molar-refractivity contribution is 5.81. The van der Waals surface area contributed by atoms with Crippen LogP contribution in [0.25, 0.3) is 0 Å². The lowest BCUT2D eigenvalue weighted by Gasteiger charge is -2.26. The first kappa shape index (κ1) is 18.3. The van der Waals surface area contributed by atoms with Gasteiger partial charge in [0.05, 0.1) is 24.9 Å². The Kier molecular flexibility index (Phi) is 6.50. The number of para-hydroxylation sites is 2. The Balaban J connectivity index is 1.55. The van der Waals surface area contributed by atoms with Crippen LogP contribution in [0.5, 0.6) is 5.75 Å². The minimum atomic E-state index is -0.0154. The van der Waals surface area contributed by atoms with Gasteiger partial charge < -0.3 is 20.1 Å². The van der Waals surface area contributed by atoms with E-state index < -0.39 is 0 Å². The Morgan fingerprint density at radius 2 is 1.92 bits per heavy atom. The van der Waals surface area contributed by atoms with E-state index in [2.05, 4.69) is 28.8 Å². The van der Waals surface area contributed by atoms with Gasteiger partial charge in [-0.25, -0.2) is 0 Å². The summed E-state index contributed by atoms with van der Waals surface area (Å²) in [7, 11) is 1.64. The van der Waals surface area contributed by atoms with Gasteiger partial charge in [0, 0.05) is 7.11 Å². The van der Waals surface area contributed by atoms with E-state index >= 15 is 0 Å². The van der Waals surface area contributed by atoms with Crippen LogP contribution in [0.1, 0.15) is 30.0 Å². The first-order chi connectivity index (χ1) is 12.8. The fourth-order valence-electron chi connectivity index (χ4n) is 3.30. The molecule has 0 saturated carbocycles. The summed E-state index contributed by atoms with van der Waals surface area (Å²) in [6, 6.07) is 16.1. The summed E-state index contributed by atoms with van der Waals surface area (Å²) in [6.07, 6.45) is 3.18. The number of carbonyl (C=O) groups excluding carboxylic acids is 1. The molecule has 0 bridgehead atoms. The van der Waals surface area contributed by atoms with Gasteiger partial charge in [0.2, 0.25) is 5.91 Å². The Morgan fingerprint density at radius 1 is 1.12 bits per heavy atom. The normalized spacial score (nSPS) is 15.8. The molecule has 3 rings (SSSR count). The zero-order valence-electron chi connectivity index (χ0n) is 15.2. The van der Waals surface area contributed by atoms with Crippen molar-refractivity contribution >= 4 is 11.6 Å². The fraction of sp³-hybridized carbons (Fsp3) is 0.381. The number of benzene rings is 2. The minimum Gasteiger partial charge on any atom is -0.489 e. The highest BCUT2D eigenvalue weighted by atomic mass is 16.5. The maximum absolute atomic E-state index is 12.4. The Labute approximate surface area is 154 Å². The Hall–Kier alpha value is -2.53. The summed E-state index contributed by atoms with van der Waals surface area (Å²) in [5.41, 5.74) is 3.40. The zero-order chi connectivity index (χ0) is 18.2. The van der Waals surface area contributed by atoms with Crippen LogP contribution in [0.3, 0.4) is 0 Å². The fourth-order valence-corrected chi connectivity index (χ4v) is 3.30. The van der Waals surface area contributed by atoms with E-state index in [0.717, 1.165) is 30.7 Å². The van der Waals surface area contributed by atoms with Crippen LogP contribution in [0.4, 0.5) is 5.69 Å². The van der Waals surface area contributed by atoms with Crippen molar-refractivity contribution in [3.05, 3.63) is 59.7 Å². The van der Waals surface area contributed by atoms with Crippen molar-refractivity contribution in [1.82, 2.24) is 5.32 Å². The van der Waals surface area contributed by atoms with Gasteiger partial charge in [-0.05, 0) is 42.5 Å². The van der Waals surface area contributed by atoms with Gasteiger partial charge in [0.1, 0.15) is 12.4 Å². The van der Waals surface area contributed by atoms with Crippen LogP contribution in [0.2, 0.25) is 0 Å². The van der Waals surface area contributed by atoms with E-state index in [1.54, 1.807) is 7.11 Å². The van der Waals surface area contributed by atoms with Gasteiger partial charge in [-0.2, -0.15) is 0 Å². The van der Waals surface area contributed by atoms with Crippen LogP contribution >= 0.6 is 0 Å². The smallest absolute Gasteiger partial charge is 0.239 e. The highest BCUT2D eigenvalue weighted by Crippen LogP contribution is 2.29. The van der Waals surface area contributed by atoms with Gasteiger partial charge >= 0.3 is 0 Å². The third-order valence-corrected chi connectivity index (χ3v) is 4.58. The number of fused-ring (bicyclic) bond motifs is 1. The van der Waals surface area contributed by atoms with Crippen molar-refractivity contribution in [3.63, 3.8) is 0 Å². The van der Waals surface area contributed by atoms with Crippen molar-refractivity contribution < 1.29 is 14.3 Å². The van der Waals surface area contributed by atoms with Crippen LogP contribution in [0.15, 0.2) is 48.5 Å². The molecule has 0 aliphatic heterocycles. The average molecular weight is 354 g/mol. The van der Waals surface area contributed by atoms with Crippen molar-refractivity contribution in [1.29, 1.82) is 0 Å². The van der Waals surface area contributed by atoms with E-state index in [4.69, 9.17) is 9.47 Å². The molecule has 5 nitrogen and oxygen atoms in total. The molecule has 2 N–H and O–H groups in total. The average Bonchev–Trinajstić information content (AvgIpc) is 2.68. The molecule has 1 unspecified atom stereocenters. The van der Waals surface area contributed by atoms with Gasteiger partial charge in [-0.3, -0.25) is 4.79 Å². The van der Waals surface area contributed by atoms with Gasteiger partial charge in [0.25, 0.3) is 0 Å². The number of aryl methyl sites for hydroxylation is 1. The summed E-state index contributed by atoms with van der Waals surface area (Å²) in [4.78, 5) is 12.4. The molecule has 2 aromatic rings. The number of hydrogen-bond acceptors (Lipinski definition) is 4. The van der Waals surface area contributed by atoms with Gasteiger partial charge in [0.15, 0.2) is 0 Å². The van der Waals surface area contributed by atoms with E-state index in [1.165, 1.54) is 11.1 Å². The highest BCUT2D eigenvalue weighted by Gasteiger charge is 2.21. The Morgan fingerprint density at radius 3 is 2.81 bits per heavy atom. The molecule has 0 fully saturated rings. The summed E-state index contributed by atoms with van der Waals surface area (Å²) in [5, 5.41) is 6.33. The third-order valence-electron chi connectivity index (χ3n) is 4.58. The van der Waals surface area contributed by atoms with Crippen molar-refractivity contribution in [2.24, 2.45) is 0 Å². The topological polar surface area (TPSA) is 59.6 Å². The predicted octanol–water partition coefficient (Wildman–Crippen LogP) is 3.32. The number of amides is 1. The number of carbonyl (C=O) groups is 1. The standard InChI is InChI=1S/C21H26N2O3/c1-25-13-14-26-20-12-5-4-10-19(20)22-15-21(24)23-18-11-6-8-16-7-2-3-9-17(16)18/h2-5,7,9-10,12,18,22H,6,8,11,13-15H2,1H3,(H,23,24). The minimum absolute atomic E-state index is 0.0154. The summed E-state index contributed by atoms with van der Waals surface area (Å²) < 4.78 is 10.7. The van der Waals surface area contributed by atoms with Gasteiger partial charge in [-0.15, -0.1) is 0 Å². The molecule has 0 spiro atoms. The molecule has 138 valence electrons. The number of rotatable bonds is 8. The number of nitrogens with one attached hydrogen (secondary N) is 2. The number of anilines is 1. The van der Waals surface area contributed by atoms with E-state index in [0.29, 0.717) is 13.2 Å². The molecule has 0 aromatic heterocycles. The molecule has 0 saturated heterocycles. The molecule has 1 aliphatic carbocycles. The molecule has 1 atom stereocenters. The molecule has 1 amide bonds. The molecule has 5 heteroatoms. The van der Waals surface area contributed by atoms with Crippen LogP contribution in [-0.4, -0.2) is 32.8 Å². The number of hydrogen-bond donors (Lipinski definition) is 2. The third kappa shape index (κ3) is 4.76. The quantitative estimate of drug-likeness (QED) is 0.714. The van der Waals surface area contributed by atoms with Crippen LogP contribution in [-0.2, 0) is 16.0 Å². The summed E-state index contributed by atoms with van der Waals surface area (Å²) in [5.74, 6) is 0.707. The molecule has 0 heterocycles. The zero-order valence-corrected chi connectivity index (χ0v) is 15.2. The van der Waals surface area contributed by atoms with Crippen LogP contribution in [0, 0.1) is 0 Å². The van der Waals surface area contributed by atoms with Crippen molar-refractivity contribution in [3.8, 4) is 5.75 Å². The molecule has 0 radical (unpaired) electrons. The number of ether oxygens (including phenoxy) is 2. The van der Waals surface area contributed by atoms with E-state index in [9.17, 15) is 4.79 Å². The SMILES string of the molecule is COCCOc1ccccc1NCC(=O)NC1CCCc2ccccc21. The van der Waals surface area contributed by atoms with Crippen molar-refractivity contribution in [2.75, 3.05) is 32.2 Å². The first-order valence-corrected chi connectivity index (χ1v) is 9.09. The number of methoxy groups -OCH3 is 1. The lowest BCUT2D eigenvalue weighted by atomic mass is 9.88. The largest absolute Gasteiger partial charge is 0.489 e. The van der Waals surface area contributed by atoms with E-state index in [-0.39, 0.29) is 18.5 Å². The monoisotopic (exact) mass is 354 g/mol. The predicted molar refractivity (Wildman–Crippen MR) is 103 cm³/mol. The van der Waals surface area contributed by atoms with Crippen molar-refractivity contribution in [2.45, 2.75) is 25.3 Å². The second-order valence-corrected chi connectivity index (χ2v) is 6.40. The maximum atomic E-state index is 12.4. The second kappa shape index (κ2) is 9.25. The lowest BCUT2D eigenvalue weighted by Crippen LogP contribution is -2.35. The second-order valence-electron chi connectivity index (χ2n) is 6.40. The lowest BCUT2D eigenvalue weighted by molar-refractivity contribution is -0.120. The molecular formula is C21H26N2O3. The summed E-state index contributed by atoms with van der Waals surface area (Å²) in [6.45, 7) is 1.21. The summed E-state index contributed by atoms with van der Waals surface area (Å²) >= 11 is 0. The maximum Gasteiger partial charge on any atom is 0.239 e. The van der Waals surface area contributed by atoms with Crippen LogP contribution < -0.4 is 15.4 Å². The van der Waals surface area contributed by atoms with Gasteiger partial charge in [-0.1, -0.05) is 36.4 Å². The Bertz CT molecular complexity index is 733.